The Balaban J connectivity index is 1.53. The number of carbonyl (C=O) groups excluding carboxylic acids is 1. The molecule has 2 atom stereocenters. The third kappa shape index (κ3) is 2.89. The van der Waals surface area contributed by atoms with Crippen LogP contribution >= 0.6 is 0 Å². The molecule has 0 spiro atoms. The van der Waals surface area contributed by atoms with Gasteiger partial charge in [0, 0.05) is 18.8 Å². The number of hydrogen-bond acceptors (Lipinski definition) is 5. The predicted molar refractivity (Wildman–Crippen MR) is 87.7 cm³/mol. The molecule has 0 aromatic carbocycles. The van der Waals surface area contributed by atoms with E-state index in [9.17, 15) is 9.90 Å². The fraction of sp³-hybridized carbons (Fsp3) is 0.588. The number of nitrogens with one attached hydrogen (secondary N) is 1. The number of aromatic nitrogens is 3. The van der Waals surface area contributed by atoms with Crippen molar-refractivity contribution in [3.05, 3.63) is 24.2 Å². The number of aliphatic hydroxyl groups excluding tert-OH is 1. The smallest absolute Gasteiger partial charge is 0.253 e. The van der Waals surface area contributed by atoms with Gasteiger partial charge in [0.25, 0.3) is 5.91 Å². The molecule has 2 N–H and O–H groups in total. The maximum absolute atomic E-state index is 12.4. The van der Waals surface area contributed by atoms with Crippen LogP contribution < -0.4 is 5.32 Å². The van der Waals surface area contributed by atoms with Gasteiger partial charge in [-0.05, 0) is 25.3 Å². The number of pyridine rings is 1. The van der Waals surface area contributed by atoms with Crippen LogP contribution in [0.2, 0.25) is 0 Å². The molecule has 2 aromatic rings. The summed E-state index contributed by atoms with van der Waals surface area (Å²) in [5.74, 6) is -0.255. The van der Waals surface area contributed by atoms with Crippen LogP contribution in [-0.4, -0.2) is 50.9 Å². The van der Waals surface area contributed by atoms with E-state index in [1.807, 2.05) is 6.33 Å². The lowest BCUT2D eigenvalue weighted by Crippen LogP contribution is -2.49. The summed E-state index contributed by atoms with van der Waals surface area (Å²) in [7, 11) is 0. The lowest BCUT2D eigenvalue weighted by atomic mass is 10.1. The van der Waals surface area contributed by atoms with Gasteiger partial charge in [0.1, 0.15) is 5.52 Å². The molecule has 1 saturated heterocycles. The van der Waals surface area contributed by atoms with Gasteiger partial charge in [-0.2, -0.15) is 0 Å². The lowest BCUT2D eigenvalue weighted by molar-refractivity contribution is -0.0140. The standard InChI is InChI=1S/C17H22N4O3/c22-15-5-6-24-9-14(15)20-17(23)11-7-13-16(18-8-11)21(10-19-13)12-3-1-2-4-12/h7-8,10,12,14-15,22H,1-6,9H2,(H,20,23)/t14-,15+/m1/s1. The van der Waals surface area contributed by atoms with Gasteiger partial charge < -0.3 is 19.7 Å². The largest absolute Gasteiger partial charge is 0.391 e. The maximum atomic E-state index is 12.4. The van der Waals surface area contributed by atoms with Gasteiger partial charge in [-0.1, -0.05) is 12.8 Å². The molecule has 7 heteroatoms. The van der Waals surface area contributed by atoms with E-state index in [2.05, 4.69) is 19.9 Å². The Labute approximate surface area is 140 Å². The van der Waals surface area contributed by atoms with Crippen molar-refractivity contribution < 1.29 is 14.6 Å². The number of hydrogen-bond donors (Lipinski definition) is 2. The van der Waals surface area contributed by atoms with Gasteiger partial charge in [-0.3, -0.25) is 4.79 Å². The lowest BCUT2D eigenvalue weighted by Gasteiger charge is -2.28. The average Bonchev–Trinajstić information content (AvgIpc) is 3.25. The Morgan fingerprint density at radius 3 is 2.92 bits per heavy atom. The number of fused-ring (bicyclic) bond motifs is 1. The molecule has 0 bridgehead atoms. The van der Waals surface area contributed by atoms with Crippen molar-refractivity contribution in [1.29, 1.82) is 0 Å². The monoisotopic (exact) mass is 330 g/mol. The van der Waals surface area contributed by atoms with Crippen LogP contribution in [0.25, 0.3) is 11.2 Å². The van der Waals surface area contributed by atoms with E-state index >= 15 is 0 Å². The molecule has 1 aliphatic carbocycles. The minimum Gasteiger partial charge on any atom is -0.391 e. The number of ether oxygens (including phenoxy) is 1. The fourth-order valence-corrected chi connectivity index (χ4v) is 3.61. The summed E-state index contributed by atoms with van der Waals surface area (Å²) in [4.78, 5) is 21.3. The number of amides is 1. The van der Waals surface area contributed by atoms with Crippen LogP contribution in [0.3, 0.4) is 0 Å². The highest BCUT2D eigenvalue weighted by atomic mass is 16.5. The number of imidazole rings is 1. The predicted octanol–water partition coefficient (Wildman–Crippen LogP) is 1.43. The topological polar surface area (TPSA) is 89.3 Å². The first-order chi connectivity index (χ1) is 11.7. The summed E-state index contributed by atoms with van der Waals surface area (Å²) in [5.41, 5.74) is 2.02. The van der Waals surface area contributed by atoms with Crippen LogP contribution in [0.15, 0.2) is 18.6 Å². The molecule has 128 valence electrons. The zero-order chi connectivity index (χ0) is 16.5. The molecule has 4 rings (SSSR count). The van der Waals surface area contributed by atoms with Crippen LogP contribution in [-0.2, 0) is 4.74 Å². The molecule has 24 heavy (non-hydrogen) atoms. The maximum Gasteiger partial charge on any atom is 0.253 e. The fourth-order valence-electron chi connectivity index (χ4n) is 3.61. The van der Waals surface area contributed by atoms with Crippen LogP contribution in [0, 0.1) is 0 Å². The summed E-state index contributed by atoms with van der Waals surface area (Å²) in [6, 6.07) is 1.86. The SMILES string of the molecule is O=C(N[C@@H]1COCC[C@@H]1O)c1cnc2c(c1)ncn2C1CCCC1. The van der Waals surface area contributed by atoms with Gasteiger partial charge in [0.15, 0.2) is 5.65 Å². The Kier molecular flexibility index (Phi) is 4.20. The van der Waals surface area contributed by atoms with E-state index in [1.165, 1.54) is 12.8 Å². The van der Waals surface area contributed by atoms with Crippen molar-refractivity contribution in [3.8, 4) is 0 Å². The van der Waals surface area contributed by atoms with Crippen molar-refractivity contribution >= 4 is 17.1 Å². The number of aliphatic hydroxyl groups is 1. The molecule has 1 aliphatic heterocycles. The summed E-state index contributed by atoms with van der Waals surface area (Å²) < 4.78 is 7.44. The second-order valence-electron chi connectivity index (χ2n) is 6.67. The molecule has 3 heterocycles. The molecule has 2 fully saturated rings. The van der Waals surface area contributed by atoms with Gasteiger partial charge in [0.05, 0.1) is 30.6 Å². The minimum atomic E-state index is -0.569. The summed E-state index contributed by atoms with van der Waals surface area (Å²) >= 11 is 0. The van der Waals surface area contributed by atoms with Crippen molar-refractivity contribution in [3.63, 3.8) is 0 Å². The molecule has 0 unspecified atom stereocenters. The van der Waals surface area contributed by atoms with E-state index < -0.39 is 6.10 Å². The number of carbonyl (C=O) groups is 1. The summed E-state index contributed by atoms with van der Waals surface area (Å²) in [6.45, 7) is 0.860. The second kappa shape index (κ2) is 6.49. The van der Waals surface area contributed by atoms with Crippen molar-refractivity contribution in [1.82, 2.24) is 19.9 Å². The first-order valence-corrected chi connectivity index (χ1v) is 8.61. The molecule has 1 amide bonds. The Morgan fingerprint density at radius 2 is 2.12 bits per heavy atom. The molecule has 0 radical (unpaired) electrons. The van der Waals surface area contributed by atoms with Crippen LogP contribution in [0.1, 0.15) is 48.5 Å². The van der Waals surface area contributed by atoms with E-state index in [-0.39, 0.29) is 11.9 Å². The zero-order valence-corrected chi connectivity index (χ0v) is 13.5. The Hall–Kier alpha value is -1.99. The number of nitrogens with zero attached hydrogens (tertiary/aromatic N) is 3. The molecule has 1 saturated carbocycles. The highest BCUT2D eigenvalue weighted by molar-refractivity contribution is 5.96. The van der Waals surface area contributed by atoms with Gasteiger partial charge >= 0.3 is 0 Å². The van der Waals surface area contributed by atoms with E-state index in [4.69, 9.17) is 4.74 Å². The van der Waals surface area contributed by atoms with E-state index in [0.717, 1.165) is 24.0 Å². The van der Waals surface area contributed by atoms with Crippen molar-refractivity contribution in [2.45, 2.75) is 50.3 Å². The van der Waals surface area contributed by atoms with Crippen LogP contribution in [0.4, 0.5) is 0 Å². The Bertz CT molecular complexity index is 739. The van der Waals surface area contributed by atoms with Gasteiger partial charge in [0.2, 0.25) is 0 Å². The normalized spacial score (nSPS) is 25.2. The molecule has 7 nitrogen and oxygen atoms in total. The van der Waals surface area contributed by atoms with Crippen molar-refractivity contribution in [2.24, 2.45) is 0 Å². The van der Waals surface area contributed by atoms with Gasteiger partial charge in [-0.25, -0.2) is 9.97 Å². The molecular weight excluding hydrogens is 308 g/mol. The van der Waals surface area contributed by atoms with Crippen molar-refractivity contribution in [2.75, 3.05) is 13.2 Å². The highest BCUT2D eigenvalue weighted by Gasteiger charge is 2.26. The second-order valence-corrected chi connectivity index (χ2v) is 6.67. The van der Waals surface area contributed by atoms with Crippen LogP contribution in [0.5, 0.6) is 0 Å². The average molecular weight is 330 g/mol. The van der Waals surface area contributed by atoms with Gasteiger partial charge in [-0.15, -0.1) is 0 Å². The minimum absolute atomic E-state index is 0.255. The quantitative estimate of drug-likeness (QED) is 0.888. The number of rotatable bonds is 3. The Morgan fingerprint density at radius 1 is 1.29 bits per heavy atom. The van der Waals surface area contributed by atoms with E-state index in [1.54, 1.807) is 12.3 Å². The molecular formula is C17H22N4O3. The first kappa shape index (κ1) is 15.5. The third-order valence-electron chi connectivity index (χ3n) is 5.03. The summed E-state index contributed by atoms with van der Waals surface area (Å²) in [5, 5.41) is 12.8. The third-order valence-corrected chi connectivity index (χ3v) is 5.03. The molecule has 2 aliphatic rings. The first-order valence-electron chi connectivity index (χ1n) is 8.61. The highest BCUT2D eigenvalue weighted by Crippen LogP contribution is 2.31. The summed E-state index contributed by atoms with van der Waals surface area (Å²) in [6.07, 6.45) is 8.20. The zero-order valence-electron chi connectivity index (χ0n) is 13.5. The van der Waals surface area contributed by atoms with E-state index in [0.29, 0.717) is 31.2 Å². The molecule has 2 aromatic heterocycles.